The molecule has 1 nitrogen and oxygen atoms in total. The number of aryl methyl sites for hydroxylation is 1. The molecule has 34 heavy (non-hydrogen) atoms. The van der Waals surface area contributed by atoms with Gasteiger partial charge in [-0.2, -0.15) is 0 Å². The number of halogens is 1. The van der Waals surface area contributed by atoms with E-state index in [2.05, 4.69) is 132 Å². The molecule has 1 heterocycles. The van der Waals surface area contributed by atoms with Crippen LogP contribution in [0, 0.1) is 6.92 Å². The van der Waals surface area contributed by atoms with Crippen molar-refractivity contribution in [1.82, 2.24) is 0 Å². The van der Waals surface area contributed by atoms with Gasteiger partial charge in [-0.1, -0.05) is 113 Å². The minimum Gasteiger partial charge on any atom is -0.456 e. The van der Waals surface area contributed by atoms with Crippen molar-refractivity contribution in [3.63, 3.8) is 0 Å². The van der Waals surface area contributed by atoms with Gasteiger partial charge in [0.2, 0.25) is 0 Å². The minimum atomic E-state index is -0.516. The summed E-state index contributed by atoms with van der Waals surface area (Å²) < 4.78 is 7.79. The summed E-state index contributed by atoms with van der Waals surface area (Å²) in [4.78, 5) is 0. The van der Waals surface area contributed by atoms with Gasteiger partial charge in [-0.3, -0.25) is 0 Å². The first-order valence-electron chi connectivity index (χ1n) is 11.5. The molecule has 1 aliphatic heterocycles. The van der Waals surface area contributed by atoms with Crippen molar-refractivity contribution >= 4 is 38.9 Å². The van der Waals surface area contributed by atoms with Crippen LogP contribution in [-0.4, -0.2) is 0 Å². The number of hydrogen-bond acceptors (Lipinski definition) is 1. The third-order valence-corrected chi connectivity index (χ3v) is 7.75. The first-order chi connectivity index (χ1) is 16.7. The Morgan fingerprint density at radius 1 is 0.647 bits per heavy atom. The maximum Gasteiger partial charge on any atom is 0.140 e. The topological polar surface area (TPSA) is 9.23 Å². The molecule has 5 aromatic carbocycles. The zero-order valence-corrected chi connectivity index (χ0v) is 20.3. The summed E-state index contributed by atoms with van der Waals surface area (Å²) in [7, 11) is 0. The average Bonchev–Trinajstić information content (AvgIpc) is 2.99. The lowest BCUT2D eigenvalue weighted by Crippen LogP contribution is -2.35. The third kappa shape index (κ3) is 2.60. The van der Waals surface area contributed by atoms with Gasteiger partial charge >= 0.3 is 0 Å². The molecule has 7 rings (SSSR count). The Morgan fingerprint density at radius 2 is 1.38 bits per heavy atom. The predicted octanol–water partition coefficient (Wildman–Crippen LogP) is 8.88. The molecular weight excluding hydrogens is 480 g/mol. The Labute approximate surface area is 207 Å². The summed E-state index contributed by atoms with van der Waals surface area (Å²) >= 11 is 3.78. The number of fused-ring (bicyclic) bond motifs is 10. The minimum absolute atomic E-state index is 0.516. The summed E-state index contributed by atoms with van der Waals surface area (Å²) in [6, 6.07) is 35.0. The number of benzene rings is 5. The number of hydrogen-bond donors (Lipinski definition) is 0. The standard InChI is InChI=1S/C32H21BrO/c1-20-10-11-22-12-13-23-14-16-24(33)19-29(23)32(28(22)18-20)26-8-4-5-9-30(26)34-31-25-7-3-2-6-21(25)15-17-27(31)32/h2-19H,1H3. The van der Waals surface area contributed by atoms with Crippen LogP contribution in [0.1, 0.15) is 38.9 Å². The molecule has 1 spiro atoms. The molecule has 0 bridgehead atoms. The van der Waals surface area contributed by atoms with E-state index in [0.717, 1.165) is 21.4 Å². The lowest BCUT2D eigenvalue weighted by atomic mass is 9.62. The molecule has 162 valence electrons. The first kappa shape index (κ1) is 19.8. The van der Waals surface area contributed by atoms with Crippen molar-refractivity contribution in [2.24, 2.45) is 0 Å². The molecule has 2 aliphatic rings. The first-order valence-corrected chi connectivity index (χ1v) is 12.3. The van der Waals surface area contributed by atoms with Gasteiger partial charge in [-0.15, -0.1) is 0 Å². The molecule has 0 aromatic heterocycles. The molecule has 0 saturated carbocycles. The maximum absolute atomic E-state index is 6.72. The van der Waals surface area contributed by atoms with Crippen LogP contribution in [0.25, 0.3) is 22.9 Å². The zero-order valence-electron chi connectivity index (χ0n) is 18.7. The molecule has 0 saturated heterocycles. The van der Waals surface area contributed by atoms with Crippen LogP contribution in [0.5, 0.6) is 11.5 Å². The molecule has 5 aromatic rings. The lowest BCUT2D eigenvalue weighted by Gasteiger charge is -2.43. The fraction of sp³-hybridized carbons (Fsp3) is 0.0625. The molecule has 0 N–H and O–H groups in total. The van der Waals surface area contributed by atoms with Crippen LogP contribution >= 0.6 is 15.9 Å². The van der Waals surface area contributed by atoms with Crippen molar-refractivity contribution in [2.45, 2.75) is 12.3 Å². The van der Waals surface area contributed by atoms with Gasteiger partial charge in [0.25, 0.3) is 0 Å². The van der Waals surface area contributed by atoms with Crippen molar-refractivity contribution < 1.29 is 4.74 Å². The Hall–Kier alpha value is -3.62. The van der Waals surface area contributed by atoms with E-state index in [-0.39, 0.29) is 0 Å². The van der Waals surface area contributed by atoms with Gasteiger partial charge in [0.05, 0.1) is 5.41 Å². The van der Waals surface area contributed by atoms with Crippen LogP contribution in [0.4, 0.5) is 0 Å². The van der Waals surface area contributed by atoms with E-state index in [4.69, 9.17) is 4.74 Å². The summed E-state index contributed by atoms with van der Waals surface area (Å²) in [6.07, 6.45) is 4.51. The normalized spacial score (nSPS) is 17.4. The number of para-hydroxylation sites is 1. The van der Waals surface area contributed by atoms with E-state index in [0.29, 0.717) is 0 Å². The van der Waals surface area contributed by atoms with E-state index < -0.39 is 5.41 Å². The number of ether oxygens (including phenoxy) is 1. The molecule has 1 aliphatic carbocycles. The molecule has 0 radical (unpaired) electrons. The van der Waals surface area contributed by atoms with Crippen LogP contribution in [0.15, 0.2) is 102 Å². The lowest BCUT2D eigenvalue weighted by molar-refractivity contribution is 0.439. The Balaban J connectivity index is 1.75. The van der Waals surface area contributed by atoms with Gasteiger partial charge in [0, 0.05) is 21.0 Å². The van der Waals surface area contributed by atoms with E-state index in [1.807, 2.05) is 0 Å². The monoisotopic (exact) mass is 500 g/mol. The summed E-state index contributed by atoms with van der Waals surface area (Å²) in [5, 5.41) is 2.32. The molecule has 1 unspecified atom stereocenters. The highest BCUT2D eigenvalue weighted by atomic mass is 79.9. The van der Waals surface area contributed by atoms with Gasteiger partial charge in [0.15, 0.2) is 0 Å². The van der Waals surface area contributed by atoms with Crippen molar-refractivity contribution in [1.29, 1.82) is 0 Å². The van der Waals surface area contributed by atoms with Crippen LogP contribution in [-0.2, 0) is 5.41 Å². The summed E-state index contributed by atoms with van der Waals surface area (Å²) in [5.41, 5.74) is 8.08. The second-order valence-corrected chi connectivity index (χ2v) is 10.1. The molecule has 1 atom stereocenters. The highest BCUT2D eigenvalue weighted by Gasteiger charge is 2.48. The second-order valence-electron chi connectivity index (χ2n) is 9.17. The maximum atomic E-state index is 6.72. The van der Waals surface area contributed by atoms with Gasteiger partial charge in [0.1, 0.15) is 11.5 Å². The van der Waals surface area contributed by atoms with Crippen LogP contribution in [0.2, 0.25) is 0 Å². The smallest absolute Gasteiger partial charge is 0.140 e. The fourth-order valence-corrected chi connectivity index (χ4v) is 6.17. The van der Waals surface area contributed by atoms with Gasteiger partial charge in [-0.25, -0.2) is 0 Å². The SMILES string of the molecule is Cc1ccc2c(c1)C1(c3cc(Br)ccc3C=C2)c2ccccc2Oc2c1ccc1ccccc21. The second kappa shape index (κ2) is 7.19. The fourth-order valence-electron chi connectivity index (χ4n) is 5.81. The average molecular weight is 501 g/mol. The quantitative estimate of drug-likeness (QED) is 0.202. The zero-order chi connectivity index (χ0) is 22.9. The van der Waals surface area contributed by atoms with E-state index in [1.54, 1.807) is 0 Å². The van der Waals surface area contributed by atoms with Crippen LogP contribution in [0.3, 0.4) is 0 Å². The van der Waals surface area contributed by atoms with Crippen LogP contribution < -0.4 is 4.74 Å². The molecule has 2 heteroatoms. The van der Waals surface area contributed by atoms with E-state index in [9.17, 15) is 0 Å². The van der Waals surface area contributed by atoms with Crippen molar-refractivity contribution in [3.8, 4) is 11.5 Å². The molecule has 0 amide bonds. The van der Waals surface area contributed by atoms with Gasteiger partial charge in [-0.05, 0) is 52.8 Å². The highest BCUT2D eigenvalue weighted by Crippen LogP contribution is 2.59. The Kier molecular flexibility index (Phi) is 4.19. The Bertz CT molecular complexity index is 1600. The summed E-state index contributed by atoms with van der Waals surface area (Å²) in [6.45, 7) is 2.18. The molecular formula is C32H21BrO. The Morgan fingerprint density at radius 3 is 2.26 bits per heavy atom. The summed E-state index contributed by atoms with van der Waals surface area (Å²) in [5.74, 6) is 1.85. The third-order valence-electron chi connectivity index (χ3n) is 7.26. The van der Waals surface area contributed by atoms with Crippen molar-refractivity contribution in [3.05, 3.63) is 140 Å². The van der Waals surface area contributed by atoms with Crippen molar-refractivity contribution in [2.75, 3.05) is 0 Å². The molecule has 0 fully saturated rings. The number of rotatable bonds is 0. The van der Waals surface area contributed by atoms with Gasteiger partial charge < -0.3 is 4.74 Å². The predicted molar refractivity (Wildman–Crippen MR) is 144 cm³/mol. The largest absolute Gasteiger partial charge is 0.456 e. The highest BCUT2D eigenvalue weighted by molar-refractivity contribution is 9.10. The van der Waals surface area contributed by atoms with E-state index in [1.165, 1.54) is 44.3 Å². The van der Waals surface area contributed by atoms with E-state index >= 15 is 0 Å².